The van der Waals surface area contributed by atoms with E-state index in [2.05, 4.69) is 22.3 Å². The first-order valence-corrected chi connectivity index (χ1v) is 10.9. The number of esters is 1. The second kappa shape index (κ2) is 8.93. The zero-order valence-electron chi connectivity index (χ0n) is 17.2. The molecule has 1 N–H and O–H groups in total. The van der Waals surface area contributed by atoms with Crippen molar-refractivity contribution in [2.45, 2.75) is 25.7 Å². The Morgan fingerprint density at radius 3 is 2.70 bits per heavy atom. The summed E-state index contributed by atoms with van der Waals surface area (Å²) in [6, 6.07) is 13.4. The molecule has 0 spiro atoms. The number of likely N-dealkylation sites (tertiary alicyclic amines) is 1. The molecule has 4 rings (SSSR count). The minimum Gasteiger partial charge on any atom is -0.465 e. The smallest absolute Gasteiger partial charge is 0.337 e. The molecule has 0 aliphatic carbocycles. The Labute approximate surface area is 179 Å². The van der Waals surface area contributed by atoms with Crippen LogP contribution in [0.2, 0.25) is 0 Å². The summed E-state index contributed by atoms with van der Waals surface area (Å²) < 4.78 is 5.99. The lowest BCUT2D eigenvalue weighted by molar-refractivity contribution is -0.117. The number of nitrogens with zero attached hydrogens (tertiary/aromatic N) is 2. The summed E-state index contributed by atoms with van der Waals surface area (Å²) in [5.74, 6) is -0.0262. The number of rotatable bonds is 5. The summed E-state index contributed by atoms with van der Waals surface area (Å²) in [4.78, 5) is 31.3. The number of benzene rings is 2. The van der Waals surface area contributed by atoms with Gasteiger partial charge in [0.25, 0.3) is 0 Å². The molecule has 6 nitrogen and oxygen atoms in total. The van der Waals surface area contributed by atoms with Crippen molar-refractivity contribution in [1.82, 2.24) is 9.88 Å². The summed E-state index contributed by atoms with van der Waals surface area (Å²) in [5.41, 5.74) is 3.05. The fourth-order valence-electron chi connectivity index (χ4n) is 3.80. The van der Waals surface area contributed by atoms with Crippen molar-refractivity contribution in [2.75, 3.05) is 32.1 Å². The Morgan fingerprint density at radius 1 is 1.20 bits per heavy atom. The highest BCUT2D eigenvalue weighted by molar-refractivity contribution is 7.18. The van der Waals surface area contributed by atoms with Gasteiger partial charge in [-0.2, -0.15) is 0 Å². The van der Waals surface area contributed by atoms with Crippen LogP contribution in [0.3, 0.4) is 0 Å². The van der Waals surface area contributed by atoms with Crippen molar-refractivity contribution in [2.24, 2.45) is 0 Å². The molecule has 1 saturated heterocycles. The van der Waals surface area contributed by atoms with Crippen molar-refractivity contribution in [3.63, 3.8) is 0 Å². The van der Waals surface area contributed by atoms with Crippen LogP contribution in [0.4, 0.5) is 5.69 Å². The van der Waals surface area contributed by atoms with Crippen LogP contribution in [0.15, 0.2) is 42.5 Å². The van der Waals surface area contributed by atoms with E-state index in [0.717, 1.165) is 37.0 Å². The number of aromatic nitrogens is 1. The first-order chi connectivity index (χ1) is 14.5. The minimum absolute atomic E-state index is 0.0708. The second-order valence-electron chi connectivity index (χ2n) is 7.64. The quantitative estimate of drug-likeness (QED) is 0.623. The average molecular weight is 424 g/mol. The maximum atomic E-state index is 12.6. The van der Waals surface area contributed by atoms with Gasteiger partial charge in [-0.3, -0.25) is 9.69 Å². The van der Waals surface area contributed by atoms with Gasteiger partial charge in [-0.25, -0.2) is 9.78 Å². The summed E-state index contributed by atoms with van der Waals surface area (Å²) in [7, 11) is 1.35. The molecule has 0 unspecified atom stereocenters. The molecule has 0 radical (unpaired) electrons. The third-order valence-corrected chi connectivity index (χ3v) is 6.75. The number of fused-ring (bicyclic) bond motifs is 1. The third-order valence-electron chi connectivity index (χ3n) is 5.55. The van der Waals surface area contributed by atoms with Gasteiger partial charge < -0.3 is 10.1 Å². The van der Waals surface area contributed by atoms with Crippen LogP contribution in [-0.2, 0) is 9.53 Å². The van der Waals surface area contributed by atoms with E-state index in [1.54, 1.807) is 23.5 Å². The van der Waals surface area contributed by atoms with Crippen molar-refractivity contribution in [3.05, 3.63) is 58.6 Å². The predicted molar refractivity (Wildman–Crippen MR) is 119 cm³/mol. The van der Waals surface area contributed by atoms with Crippen LogP contribution in [0, 0.1) is 6.92 Å². The molecule has 0 bridgehead atoms. The Balaban J connectivity index is 1.33. The lowest BCUT2D eigenvalue weighted by atomic mass is 9.97. The molecular weight excluding hydrogens is 398 g/mol. The largest absolute Gasteiger partial charge is 0.465 e. The molecule has 1 aliphatic rings. The van der Waals surface area contributed by atoms with Gasteiger partial charge in [0.15, 0.2) is 0 Å². The fraction of sp³-hybridized carbons (Fsp3) is 0.348. The lowest BCUT2D eigenvalue weighted by Gasteiger charge is -2.30. The molecule has 156 valence electrons. The SMILES string of the molecule is COC(=O)c1ccc(C)c(NC(=O)CN2CCC(c3nc4ccccc4s3)CC2)c1. The van der Waals surface area contributed by atoms with Crippen LogP contribution < -0.4 is 5.32 Å². The number of anilines is 1. The van der Waals surface area contributed by atoms with E-state index in [1.165, 1.54) is 16.8 Å². The predicted octanol–water partition coefficient (Wildman–Crippen LogP) is 4.21. The third kappa shape index (κ3) is 4.52. The molecular formula is C23H25N3O3S. The van der Waals surface area contributed by atoms with Crippen LogP contribution in [0.25, 0.3) is 10.2 Å². The number of para-hydroxylation sites is 1. The van der Waals surface area contributed by atoms with Gasteiger partial charge >= 0.3 is 5.97 Å². The topological polar surface area (TPSA) is 71.5 Å². The number of hydrogen-bond donors (Lipinski definition) is 1. The molecule has 1 aromatic heterocycles. The number of carbonyl (C=O) groups excluding carboxylic acids is 2. The van der Waals surface area contributed by atoms with Crippen molar-refractivity contribution in [1.29, 1.82) is 0 Å². The van der Waals surface area contributed by atoms with Crippen molar-refractivity contribution < 1.29 is 14.3 Å². The van der Waals surface area contributed by atoms with E-state index in [1.807, 2.05) is 25.1 Å². The zero-order valence-corrected chi connectivity index (χ0v) is 18.0. The number of thiazole rings is 1. The summed E-state index contributed by atoms with van der Waals surface area (Å²) in [6.07, 6.45) is 2.01. The summed E-state index contributed by atoms with van der Waals surface area (Å²) in [5, 5.41) is 4.14. The molecule has 1 aliphatic heterocycles. The Bertz CT molecular complexity index is 1040. The molecule has 3 aromatic rings. The molecule has 2 aromatic carbocycles. The molecule has 2 heterocycles. The minimum atomic E-state index is -0.414. The number of aryl methyl sites for hydroxylation is 1. The highest BCUT2D eigenvalue weighted by Crippen LogP contribution is 2.33. The van der Waals surface area contributed by atoms with Gasteiger partial charge in [0.05, 0.1) is 34.4 Å². The van der Waals surface area contributed by atoms with E-state index in [0.29, 0.717) is 23.7 Å². The normalized spacial score (nSPS) is 15.3. The molecule has 1 fully saturated rings. The van der Waals surface area contributed by atoms with Crippen LogP contribution in [0.5, 0.6) is 0 Å². The standard InChI is InChI=1S/C23H25N3O3S/c1-15-7-8-17(23(28)29-2)13-19(15)24-21(27)14-26-11-9-16(10-12-26)22-25-18-5-3-4-6-20(18)30-22/h3-8,13,16H,9-12,14H2,1-2H3,(H,24,27). The van der Waals surface area contributed by atoms with Crippen molar-refractivity contribution in [3.8, 4) is 0 Å². The zero-order chi connectivity index (χ0) is 21.1. The number of piperidine rings is 1. The van der Waals surface area contributed by atoms with Gasteiger partial charge in [-0.05, 0) is 62.7 Å². The number of nitrogens with one attached hydrogen (secondary N) is 1. The highest BCUT2D eigenvalue weighted by Gasteiger charge is 2.24. The number of ether oxygens (including phenoxy) is 1. The Kier molecular flexibility index (Phi) is 6.11. The van der Waals surface area contributed by atoms with E-state index >= 15 is 0 Å². The molecule has 30 heavy (non-hydrogen) atoms. The average Bonchev–Trinajstić information content (AvgIpc) is 3.19. The number of methoxy groups -OCH3 is 1. The lowest BCUT2D eigenvalue weighted by Crippen LogP contribution is -2.38. The van der Waals surface area contributed by atoms with E-state index < -0.39 is 5.97 Å². The summed E-state index contributed by atoms with van der Waals surface area (Å²) >= 11 is 1.78. The number of hydrogen-bond acceptors (Lipinski definition) is 6. The van der Waals surface area contributed by atoms with Gasteiger partial charge in [0.2, 0.25) is 5.91 Å². The van der Waals surface area contributed by atoms with Gasteiger partial charge in [0, 0.05) is 11.6 Å². The molecule has 0 saturated carbocycles. The molecule has 0 atom stereocenters. The highest BCUT2D eigenvalue weighted by atomic mass is 32.1. The van der Waals surface area contributed by atoms with Gasteiger partial charge in [0.1, 0.15) is 0 Å². The van der Waals surface area contributed by atoms with E-state index in [4.69, 9.17) is 9.72 Å². The van der Waals surface area contributed by atoms with E-state index in [-0.39, 0.29) is 5.91 Å². The fourth-order valence-corrected chi connectivity index (χ4v) is 4.93. The first kappa shape index (κ1) is 20.5. The van der Waals surface area contributed by atoms with E-state index in [9.17, 15) is 9.59 Å². The van der Waals surface area contributed by atoms with Crippen LogP contribution >= 0.6 is 11.3 Å². The van der Waals surface area contributed by atoms with Crippen LogP contribution in [0.1, 0.15) is 39.7 Å². The Morgan fingerprint density at radius 2 is 1.97 bits per heavy atom. The maximum Gasteiger partial charge on any atom is 0.337 e. The molecule has 1 amide bonds. The molecule has 7 heteroatoms. The van der Waals surface area contributed by atoms with Crippen molar-refractivity contribution >= 4 is 39.1 Å². The van der Waals surface area contributed by atoms with Crippen LogP contribution in [-0.4, -0.2) is 48.5 Å². The number of amides is 1. The first-order valence-electron chi connectivity index (χ1n) is 10.1. The van der Waals surface area contributed by atoms with Gasteiger partial charge in [-0.1, -0.05) is 18.2 Å². The van der Waals surface area contributed by atoms with Gasteiger partial charge in [-0.15, -0.1) is 11.3 Å². The summed E-state index contributed by atoms with van der Waals surface area (Å²) in [6.45, 7) is 3.99. The maximum absolute atomic E-state index is 12.6. The number of carbonyl (C=O) groups is 2. The second-order valence-corrected chi connectivity index (χ2v) is 8.70. The Hall–Kier alpha value is -2.77. The monoisotopic (exact) mass is 423 g/mol.